The van der Waals surface area contributed by atoms with E-state index in [9.17, 15) is 0 Å². The normalized spacial score (nSPS) is 13.8. The van der Waals surface area contributed by atoms with Crippen LogP contribution < -0.4 is 0 Å². The molecule has 0 fully saturated rings. The summed E-state index contributed by atoms with van der Waals surface area (Å²) in [6.07, 6.45) is 5.79. The number of hydrogen-bond donors (Lipinski definition) is 0. The van der Waals surface area contributed by atoms with Gasteiger partial charge in [-0.25, -0.2) is 0 Å². The van der Waals surface area contributed by atoms with Gasteiger partial charge in [0.15, 0.2) is 0 Å². The average Bonchev–Trinajstić information content (AvgIpc) is 2.38. The van der Waals surface area contributed by atoms with Gasteiger partial charge >= 0.3 is 0 Å². The van der Waals surface area contributed by atoms with Gasteiger partial charge in [0.2, 0.25) is 0 Å². The molecule has 3 heteroatoms. The van der Waals surface area contributed by atoms with Crippen molar-refractivity contribution in [2.75, 3.05) is 7.05 Å². The number of rotatable bonds is 5. The number of hydrogen-bond acceptors (Lipinski definition) is 2. The second-order valence-corrected chi connectivity index (χ2v) is 6.49. The van der Waals surface area contributed by atoms with Crippen LogP contribution in [-0.2, 0) is 0 Å². The fraction of sp³-hybridized carbons (Fsp3) is 0.529. The Labute approximate surface area is 128 Å². The van der Waals surface area contributed by atoms with E-state index in [1.165, 1.54) is 5.57 Å². The number of aryl methyl sites for hydroxylation is 1. The Hall–Kier alpha value is -1.15. The molecule has 1 aromatic heterocycles. The Morgan fingerprint density at radius 3 is 2.65 bits per heavy atom. The Morgan fingerprint density at radius 2 is 2.10 bits per heavy atom. The maximum absolute atomic E-state index is 6.32. The number of aliphatic imine (C=N–C) groups is 1. The minimum atomic E-state index is 0.283. The molecule has 0 aliphatic heterocycles. The standard InChI is InChI=1S/C17H25ClN2/c1-7-17(4,5)9-12(2)15(10-19-6)14-8-13(3)20-11-16(14)18/h8,10-11H,7,9H2,1-6H3/b15-12-,19-10?. The van der Waals surface area contributed by atoms with Gasteiger partial charge < -0.3 is 0 Å². The highest BCUT2D eigenvalue weighted by molar-refractivity contribution is 6.33. The molecule has 0 saturated carbocycles. The summed E-state index contributed by atoms with van der Waals surface area (Å²) in [7, 11) is 1.79. The van der Waals surface area contributed by atoms with Gasteiger partial charge in [-0.1, -0.05) is 44.4 Å². The zero-order chi connectivity index (χ0) is 15.3. The molecule has 0 aromatic carbocycles. The van der Waals surface area contributed by atoms with Crippen molar-refractivity contribution in [1.29, 1.82) is 0 Å². The van der Waals surface area contributed by atoms with E-state index >= 15 is 0 Å². The lowest BCUT2D eigenvalue weighted by molar-refractivity contribution is 0.349. The molecule has 0 bridgehead atoms. The van der Waals surface area contributed by atoms with Gasteiger partial charge in [0.25, 0.3) is 0 Å². The van der Waals surface area contributed by atoms with Crippen LogP contribution in [0.3, 0.4) is 0 Å². The van der Waals surface area contributed by atoms with Crippen LogP contribution in [0.25, 0.3) is 5.57 Å². The average molecular weight is 293 g/mol. The zero-order valence-electron chi connectivity index (χ0n) is 13.4. The Bertz CT molecular complexity index is 528. The molecule has 0 unspecified atom stereocenters. The molecule has 20 heavy (non-hydrogen) atoms. The van der Waals surface area contributed by atoms with Gasteiger partial charge in [-0.3, -0.25) is 9.98 Å². The molecule has 2 nitrogen and oxygen atoms in total. The monoisotopic (exact) mass is 292 g/mol. The van der Waals surface area contributed by atoms with Crippen LogP contribution in [0.5, 0.6) is 0 Å². The van der Waals surface area contributed by atoms with Crippen molar-refractivity contribution in [3.8, 4) is 0 Å². The molecule has 0 aliphatic carbocycles. The molecule has 0 atom stereocenters. The third kappa shape index (κ3) is 4.45. The molecule has 1 rings (SSSR count). The summed E-state index contributed by atoms with van der Waals surface area (Å²) in [6, 6.07) is 2.03. The third-order valence-electron chi connectivity index (χ3n) is 3.70. The molecule has 1 aromatic rings. The first-order valence-electron chi connectivity index (χ1n) is 7.05. The van der Waals surface area contributed by atoms with E-state index in [0.717, 1.165) is 29.7 Å². The van der Waals surface area contributed by atoms with Crippen LogP contribution in [0.1, 0.15) is 51.8 Å². The van der Waals surface area contributed by atoms with Crippen molar-refractivity contribution in [2.45, 2.75) is 47.5 Å². The summed E-state index contributed by atoms with van der Waals surface area (Å²) in [5.74, 6) is 0. The quantitative estimate of drug-likeness (QED) is 0.672. The summed E-state index contributed by atoms with van der Waals surface area (Å²) < 4.78 is 0. The second-order valence-electron chi connectivity index (χ2n) is 6.08. The first-order valence-corrected chi connectivity index (χ1v) is 7.43. The Balaban J connectivity index is 3.33. The van der Waals surface area contributed by atoms with Crippen LogP contribution >= 0.6 is 11.6 Å². The molecule has 0 aliphatic rings. The van der Waals surface area contributed by atoms with E-state index in [1.54, 1.807) is 13.2 Å². The van der Waals surface area contributed by atoms with Gasteiger partial charge in [0.05, 0.1) is 5.02 Å². The van der Waals surface area contributed by atoms with Gasteiger partial charge in [-0.05, 0) is 31.7 Å². The highest BCUT2D eigenvalue weighted by Gasteiger charge is 2.18. The molecular weight excluding hydrogens is 268 g/mol. The topological polar surface area (TPSA) is 25.2 Å². The van der Waals surface area contributed by atoms with Crippen LogP contribution in [-0.4, -0.2) is 18.2 Å². The summed E-state index contributed by atoms with van der Waals surface area (Å²) in [5.41, 5.74) is 4.70. The van der Waals surface area contributed by atoms with Gasteiger partial charge in [0.1, 0.15) is 0 Å². The van der Waals surface area contributed by atoms with Crippen LogP contribution in [0.2, 0.25) is 5.02 Å². The Morgan fingerprint density at radius 1 is 1.45 bits per heavy atom. The Kier molecular flexibility index (Phi) is 5.94. The summed E-state index contributed by atoms with van der Waals surface area (Å²) in [6.45, 7) is 10.9. The first kappa shape index (κ1) is 16.9. The van der Waals surface area contributed by atoms with E-state index in [0.29, 0.717) is 5.02 Å². The smallest absolute Gasteiger partial charge is 0.0668 e. The number of nitrogens with zero attached hydrogens (tertiary/aromatic N) is 2. The van der Waals surface area contributed by atoms with E-state index < -0.39 is 0 Å². The number of aromatic nitrogens is 1. The van der Waals surface area contributed by atoms with E-state index in [4.69, 9.17) is 11.6 Å². The molecule has 0 spiro atoms. The molecule has 0 radical (unpaired) electrons. The van der Waals surface area contributed by atoms with Gasteiger partial charge in [-0.2, -0.15) is 0 Å². The van der Waals surface area contributed by atoms with Crippen LogP contribution in [0.15, 0.2) is 22.8 Å². The fourth-order valence-electron chi connectivity index (χ4n) is 2.23. The highest BCUT2D eigenvalue weighted by atomic mass is 35.5. The summed E-state index contributed by atoms with van der Waals surface area (Å²) in [4.78, 5) is 8.43. The van der Waals surface area contributed by atoms with Crippen molar-refractivity contribution in [2.24, 2.45) is 10.4 Å². The third-order valence-corrected chi connectivity index (χ3v) is 4.00. The fourth-order valence-corrected chi connectivity index (χ4v) is 2.43. The van der Waals surface area contributed by atoms with Crippen molar-refractivity contribution in [3.63, 3.8) is 0 Å². The number of pyridine rings is 1. The lowest BCUT2D eigenvalue weighted by atomic mass is 9.81. The van der Waals surface area contributed by atoms with E-state index in [1.807, 2.05) is 19.2 Å². The minimum absolute atomic E-state index is 0.283. The number of halogens is 1. The summed E-state index contributed by atoms with van der Waals surface area (Å²) in [5, 5.41) is 0.680. The van der Waals surface area contributed by atoms with Gasteiger partial charge in [0, 0.05) is 36.3 Å². The lowest BCUT2D eigenvalue weighted by Crippen LogP contribution is -2.11. The predicted octanol–water partition coefficient (Wildman–Crippen LogP) is 5.34. The molecule has 0 N–H and O–H groups in total. The largest absolute Gasteiger partial charge is 0.296 e. The SMILES string of the molecule is CCC(C)(C)C/C(C)=C(/C=NC)c1cc(C)ncc1Cl. The second kappa shape index (κ2) is 7.03. The van der Waals surface area contributed by atoms with Crippen LogP contribution in [0.4, 0.5) is 0 Å². The highest BCUT2D eigenvalue weighted by Crippen LogP contribution is 2.33. The molecule has 0 amide bonds. The molecule has 110 valence electrons. The van der Waals surface area contributed by atoms with E-state index in [2.05, 4.69) is 37.7 Å². The predicted molar refractivity (Wildman–Crippen MR) is 89.7 cm³/mol. The van der Waals surface area contributed by atoms with Crippen molar-refractivity contribution >= 4 is 23.4 Å². The summed E-state index contributed by atoms with van der Waals surface area (Å²) >= 11 is 6.32. The molecule has 1 heterocycles. The molecular formula is C17H25ClN2. The lowest BCUT2D eigenvalue weighted by Gasteiger charge is -2.24. The minimum Gasteiger partial charge on any atom is -0.296 e. The first-order chi connectivity index (χ1) is 9.30. The van der Waals surface area contributed by atoms with Gasteiger partial charge in [-0.15, -0.1) is 0 Å². The van der Waals surface area contributed by atoms with Crippen LogP contribution in [0, 0.1) is 12.3 Å². The van der Waals surface area contributed by atoms with Crippen molar-refractivity contribution in [3.05, 3.63) is 34.1 Å². The maximum atomic E-state index is 6.32. The van der Waals surface area contributed by atoms with Crippen molar-refractivity contribution in [1.82, 2.24) is 4.98 Å². The maximum Gasteiger partial charge on any atom is 0.0668 e. The molecule has 0 saturated heterocycles. The number of allylic oxidation sites excluding steroid dienone is 2. The zero-order valence-corrected chi connectivity index (χ0v) is 14.2. The van der Waals surface area contributed by atoms with Crippen molar-refractivity contribution < 1.29 is 0 Å². The van der Waals surface area contributed by atoms with E-state index in [-0.39, 0.29) is 5.41 Å².